The van der Waals surface area contributed by atoms with E-state index in [2.05, 4.69) is 30.6 Å². The number of rotatable bonds is 3. The fraction of sp³-hybridized carbons (Fsp3) is 0. The molecule has 0 amide bonds. The molecule has 0 aliphatic rings. The molecule has 0 radical (unpaired) electrons. The third-order valence-corrected chi connectivity index (χ3v) is 2.76. The van der Waals surface area contributed by atoms with Crippen molar-refractivity contribution in [1.29, 1.82) is 0 Å². The standard InChI is InChI=1S/C9H10BN6.K/c1-4-11-14-7(1)10(8-2-5-12-15-8)9-3-6-13-16-9;/h1-6,10H,(H,11,14)(H,12,15)(H,13,16);/q-1;+1. The van der Waals surface area contributed by atoms with Crippen LogP contribution >= 0.6 is 0 Å². The summed E-state index contributed by atoms with van der Waals surface area (Å²) in [5, 5.41) is 21.2. The molecule has 3 aromatic rings. The Kier molecular flexibility index (Phi) is 4.35. The average Bonchev–Trinajstić information content (AvgIpc) is 3.02. The van der Waals surface area contributed by atoms with Crippen molar-refractivity contribution in [3.8, 4) is 0 Å². The van der Waals surface area contributed by atoms with Gasteiger partial charge in [0, 0.05) is 18.6 Å². The van der Waals surface area contributed by atoms with Crippen LogP contribution in [0.15, 0.2) is 36.8 Å². The van der Waals surface area contributed by atoms with E-state index in [-0.39, 0.29) is 51.4 Å². The second-order valence-corrected chi connectivity index (χ2v) is 3.73. The molecule has 0 saturated heterocycles. The molecule has 0 fully saturated rings. The molecule has 0 aliphatic carbocycles. The van der Waals surface area contributed by atoms with E-state index in [0.29, 0.717) is 0 Å². The molecular weight excluding hydrogens is 242 g/mol. The summed E-state index contributed by atoms with van der Waals surface area (Å²) >= 11 is 0. The van der Waals surface area contributed by atoms with Gasteiger partial charge in [-0.25, -0.2) is 15.3 Å². The monoisotopic (exact) mass is 252 g/mol. The van der Waals surface area contributed by atoms with Crippen molar-refractivity contribution in [3.05, 3.63) is 36.8 Å². The quantitative estimate of drug-likeness (QED) is 0.408. The van der Waals surface area contributed by atoms with E-state index in [1.54, 1.807) is 0 Å². The number of hydrogen-bond donors (Lipinski definition) is 3. The summed E-state index contributed by atoms with van der Waals surface area (Å²) in [6.07, 6.45) is 5.44. The van der Waals surface area contributed by atoms with Crippen LogP contribution in [0.25, 0.3) is 0 Å². The summed E-state index contributed by atoms with van der Waals surface area (Å²) < 4.78 is 0. The zero-order chi connectivity index (χ0) is 10.8. The normalized spacial score (nSPS) is 10.4. The Morgan fingerprint density at radius 1 is 0.706 bits per heavy atom. The van der Waals surface area contributed by atoms with Gasteiger partial charge in [0.25, 0.3) is 0 Å². The van der Waals surface area contributed by atoms with Gasteiger partial charge in [0.05, 0.1) is 0 Å². The molecule has 3 heterocycles. The smallest absolute Gasteiger partial charge is 0.289 e. The molecule has 0 atom stereocenters. The maximum atomic E-state index is 4.23. The van der Waals surface area contributed by atoms with Gasteiger partial charge in [-0.15, -0.1) is 0 Å². The molecule has 0 spiro atoms. The summed E-state index contributed by atoms with van der Waals surface area (Å²) in [5.74, 6) is 0. The van der Waals surface area contributed by atoms with Crippen molar-refractivity contribution < 1.29 is 51.4 Å². The van der Waals surface area contributed by atoms with E-state index in [1.807, 2.05) is 36.8 Å². The van der Waals surface area contributed by atoms with E-state index in [0.717, 1.165) is 16.8 Å². The van der Waals surface area contributed by atoms with E-state index >= 15 is 0 Å². The summed E-state index contributed by atoms with van der Waals surface area (Å²) in [6, 6.07) is 5.88. The summed E-state index contributed by atoms with van der Waals surface area (Å²) in [6.45, 7) is -0.969. The molecule has 80 valence electrons. The zero-order valence-electron chi connectivity index (χ0n) is 9.51. The first-order chi connectivity index (χ1) is 7.95. The van der Waals surface area contributed by atoms with Crippen LogP contribution in [0.5, 0.6) is 0 Å². The van der Waals surface area contributed by atoms with Crippen molar-refractivity contribution >= 4 is 23.5 Å². The molecule has 0 bridgehead atoms. The van der Waals surface area contributed by atoms with Crippen LogP contribution in [0, 0.1) is 0 Å². The number of aromatic amines is 3. The first-order valence-corrected chi connectivity index (χ1v) is 5.13. The van der Waals surface area contributed by atoms with Gasteiger partial charge in [-0.05, 0) is 0 Å². The first kappa shape index (κ1) is 12.8. The molecule has 0 aliphatic heterocycles. The van der Waals surface area contributed by atoms with Gasteiger partial charge in [0.1, 0.15) is 6.71 Å². The Bertz CT molecular complexity index is 451. The van der Waals surface area contributed by atoms with Crippen molar-refractivity contribution in [2.24, 2.45) is 0 Å². The van der Waals surface area contributed by atoms with Crippen LogP contribution in [-0.2, 0) is 0 Å². The Labute approximate surface area is 140 Å². The molecule has 3 aromatic heterocycles. The molecule has 3 rings (SSSR count). The minimum Gasteiger partial charge on any atom is -0.289 e. The molecular formula is C9H10BKN6. The summed E-state index contributed by atoms with van der Waals surface area (Å²) in [5.41, 5.74) is 2.96. The van der Waals surface area contributed by atoms with E-state index in [4.69, 9.17) is 0 Å². The third-order valence-electron chi connectivity index (χ3n) is 2.76. The Hall–Kier alpha value is -0.669. The molecule has 0 unspecified atom stereocenters. The van der Waals surface area contributed by atoms with Crippen LogP contribution in [0.4, 0.5) is 0 Å². The van der Waals surface area contributed by atoms with Crippen molar-refractivity contribution in [1.82, 2.24) is 30.6 Å². The van der Waals surface area contributed by atoms with Gasteiger partial charge in [-0.3, -0.25) is 15.3 Å². The molecule has 6 nitrogen and oxygen atoms in total. The third kappa shape index (κ3) is 2.61. The maximum absolute atomic E-state index is 4.23. The van der Waals surface area contributed by atoms with Gasteiger partial charge in [0.2, 0.25) is 0 Å². The molecule has 17 heavy (non-hydrogen) atoms. The Morgan fingerprint density at radius 3 is 1.29 bits per heavy atom. The number of aromatic nitrogens is 6. The fourth-order valence-electron chi connectivity index (χ4n) is 2.02. The predicted molar refractivity (Wildman–Crippen MR) is 61.8 cm³/mol. The molecule has 0 aromatic carbocycles. The second kappa shape index (κ2) is 5.78. The number of hydrogen-bond acceptors (Lipinski definition) is 3. The van der Waals surface area contributed by atoms with Gasteiger partial charge < -0.3 is 0 Å². The summed E-state index contributed by atoms with van der Waals surface area (Å²) in [4.78, 5) is 0. The fourth-order valence-corrected chi connectivity index (χ4v) is 2.02. The number of nitrogens with one attached hydrogen (secondary N) is 3. The zero-order valence-corrected chi connectivity index (χ0v) is 12.6. The van der Waals surface area contributed by atoms with Crippen molar-refractivity contribution in [2.45, 2.75) is 0 Å². The second-order valence-electron chi connectivity index (χ2n) is 3.73. The Balaban J connectivity index is 0.00000108. The number of H-pyrrole nitrogens is 3. The van der Waals surface area contributed by atoms with Crippen LogP contribution in [0.2, 0.25) is 0 Å². The predicted octanol–water partition coefficient (Wildman–Crippen LogP) is -4.89. The van der Waals surface area contributed by atoms with Crippen molar-refractivity contribution in [3.63, 3.8) is 0 Å². The molecule has 3 N–H and O–H groups in total. The van der Waals surface area contributed by atoms with Crippen LogP contribution in [-0.4, -0.2) is 37.3 Å². The Morgan fingerprint density at radius 2 is 1.06 bits per heavy atom. The van der Waals surface area contributed by atoms with Crippen LogP contribution < -0.4 is 68.2 Å². The number of nitrogens with zero attached hydrogens (tertiary/aromatic N) is 3. The minimum absolute atomic E-state index is 0. The van der Waals surface area contributed by atoms with Gasteiger partial charge in [-0.1, -0.05) is 35.0 Å². The van der Waals surface area contributed by atoms with Crippen LogP contribution in [0.3, 0.4) is 0 Å². The molecule has 8 heteroatoms. The van der Waals surface area contributed by atoms with Crippen LogP contribution in [0.1, 0.15) is 0 Å². The maximum Gasteiger partial charge on any atom is 1.00 e. The topological polar surface area (TPSA) is 86.0 Å². The molecule has 0 saturated carbocycles. The largest absolute Gasteiger partial charge is 1.00 e. The van der Waals surface area contributed by atoms with E-state index < -0.39 is 6.71 Å². The first-order valence-electron chi connectivity index (χ1n) is 5.13. The van der Waals surface area contributed by atoms with Gasteiger partial charge in [-0.2, -0.15) is 0 Å². The van der Waals surface area contributed by atoms with Gasteiger partial charge in [0.15, 0.2) is 0 Å². The van der Waals surface area contributed by atoms with E-state index in [1.165, 1.54) is 0 Å². The van der Waals surface area contributed by atoms with E-state index in [9.17, 15) is 0 Å². The SMILES string of the molecule is [K+].c1cc([BH-](c2cc[nH]n2)c2cc[nH]n2)n[nH]1. The van der Waals surface area contributed by atoms with Crippen molar-refractivity contribution in [2.75, 3.05) is 0 Å². The van der Waals surface area contributed by atoms with Gasteiger partial charge >= 0.3 is 51.4 Å². The average molecular weight is 252 g/mol. The minimum atomic E-state index is -0.969. The summed E-state index contributed by atoms with van der Waals surface area (Å²) in [7, 11) is 0.